The molecular weight excluding hydrogens is 500 g/mol. The predicted octanol–water partition coefficient (Wildman–Crippen LogP) is 3.99. The summed E-state index contributed by atoms with van der Waals surface area (Å²) in [6.45, 7) is 0.293. The third kappa shape index (κ3) is 4.13. The van der Waals surface area contributed by atoms with Gasteiger partial charge in [0.2, 0.25) is 0 Å². The van der Waals surface area contributed by atoms with E-state index < -0.39 is 28.1 Å². The third-order valence-electron chi connectivity index (χ3n) is 5.70. The molecule has 1 fully saturated rings. The Kier molecular flexibility index (Phi) is 5.75. The minimum absolute atomic E-state index is 0.125. The molecule has 176 valence electrons. The highest BCUT2D eigenvalue weighted by Crippen LogP contribution is 2.41. The quantitative estimate of drug-likeness (QED) is 0.548. The molecule has 0 aliphatic carbocycles. The van der Waals surface area contributed by atoms with E-state index in [1.165, 1.54) is 16.2 Å². The molecule has 34 heavy (non-hydrogen) atoms. The van der Waals surface area contributed by atoms with Crippen LogP contribution in [0.1, 0.15) is 9.67 Å². The van der Waals surface area contributed by atoms with Crippen LogP contribution in [0.15, 0.2) is 59.5 Å². The minimum atomic E-state index is -3.43. The van der Waals surface area contributed by atoms with E-state index in [2.05, 4.69) is 5.32 Å². The standard InChI is InChI=1S/C23H19ClN2O6S2/c1-34(29,30)20-5-3-2-4-14(20)13-6-7-15-17(10-13)31-12-16-18(32-23(28)26(15)16)11-25-22(27)19-8-9-21(24)33-19/h2-10,16,18H,11-12H2,1H3,(H,25,27)/t16-,18-/m0/s1. The average Bonchev–Trinajstić information content (AvgIpc) is 3.39. The van der Waals surface area contributed by atoms with Crippen LogP contribution in [0.25, 0.3) is 11.1 Å². The van der Waals surface area contributed by atoms with E-state index in [-0.39, 0.29) is 24.0 Å². The number of cyclic esters (lactones) is 1. The second-order valence-corrected chi connectivity index (χ2v) is 11.6. The summed E-state index contributed by atoms with van der Waals surface area (Å²) >= 11 is 7.05. The van der Waals surface area contributed by atoms with Gasteiger partial charge in [-0.05, 0) is 35.9 Å². The lowest BCUT2D eigenvalue weighted by molar-refractivity contribution is 0.0890. The van der Waals surface area contributed by atoms with Crippen LogP contribution in [0.2, 0.25) is 4.34 Å². The fourth-order valence-electron chi connectivity index (χ4n) is 4.12. The molecule has 0 saturated carbocycles. The molecule has 1 N–H and O–H groups in total. The monoisotopic (exact) mass is 518 g/mol. The zero-order valence-electron chi connectivity index (χ0n) is 17.9. The van der Waals surface area contributed by atoms with Gasteiger partial charge in [0.25, 0.3) is 5.91 Å². The number of carbonyl (C=O) groups is 2. The van der Waals surface area contributed by atoms with E-state index in [0.29, 0.717) is 31.8 Å². The molecule has 11 heteroatoms. The van der Waals surface area contributed by atoms with Crippen molar-refractivity contribution in [2.24, 2.45) is 0 Å². The molecule has 2 aromatic carbocycles. The summed E-state index contributed by atoms with van der Waals surface area (Å²) in [6.07, 6.45) is 0.0419. The van der Waals surface area contributed by atoms with Crippen molar-refractivity contribution < 1.29 is 27.5 Å². The summed E-state index contributed by atoms with van der Waals surface area (Å²) in [6, 6.07) is 14.8. The first kappa shape index (κ1) is 22.7. The Morgan fingerprint density at radius 3 is 2.74 bits per heavy atom. The zero-order chi connectivity index (χ0) is 24.0. The van der Waals surface area contributed by atoms with Gasteiger partial charge in [-0.3, -0.25) is 9.69 Å². The lowest BCUT2D eigenvalue weighted by Crippen LogP contribution is -2.47. The van der Waals surface area contributed by atoms with Crippen LogP contribution in [0.4, 0.5) is 10.5 Å². The number of nitrogens with one attached hydrogen (secondary N) is 1. The van der Waals surface area contributed by atoms with Crippen molar-refractivity contribution in [3.63, 3.8) is 0 Å². The minimum Gasteiger partial charge on any atom is -0.489 e. The van der Waals surface area contributed by atoms with Gasteiger partial charge < -0.3 is 14.8 Å². The molecule has 3 aromatic rings. The summed E-state index contributed by atoms with van der Waals surface area (Å²) in [4.78, 5) is 27.2. The van der Waals surface area contributed by atoms with Crippen LogP contribution in [0, 0.1) is 0 Å². The fourth-order valence-corrected chi connectivity index (χ4v) is 5.99. The van der Waals surface area contributed by atoms with E-state index in [0.717, 1.165) is 6.26 Å². The van der Waals surface area contributed by atoms with Crippen LogP contribution in [-0.2, 0) is 14.6 Å². The largest absolute Gasteiger partial charge is 0.489 e. The molecule has 8 nitrogen and oxygen atoms in total. The smallest absolute Gasteiger partial charge is 0.415 e. The van der Waals surface area contributed by atoms with Gasteiger partial charge >= 0.3 is 6.09 Å². The van der Waals surface area contributed by atoms with Gasteiger partial charge in [-0.15, -0.1) is 11.3 Å². The van der Waals surface area contributed by atoms with Gasteiger partial charge in [-0.25, -0.2) is 13.2 Å². The average molecular weight is 519 g/mol. The van der Waals surface area contributed by atoms with E-state index >= 15 is 0 Å². The zero-order valence-corrected chi connectivity index (χ0v) is 20.2. The Labute approximate surface area is 205 Å². The maximum Gasteiger partial charge on any atom is 0.415 e. The third-order valence-corrected chi connectivity index (χ3v) is 8.08. The molecule has 2 aliphatic heterocycles. The number of carbonyl (C=O) groups excluding carboxylic acids is 2. The normalized spacial score (nSPS) is 19.1. The van der Waals surface area contributed by atoms with Gasteiger partial charge in [-0.2, -0.15) is 0 Å². The Bertz CT molecular complexity index is 1400. The summed E-state index contributed by atoms with van der Waals surface area (Å²) in [5, 5.41) is 2.78. The number of hydrogen-bond acceptors (Lipinski definition) is 7. The number of rotatable bonds is 5. The summed E-state index contributed by atoms with van der Waals surface area (Å²) in [7, 11) is -3.43. The molecular formula is C23H19ClN2O6S2. The molecule has 0 unspecified atom stereocenters. The molecule has 3 heterocycles. The first-order chi connectivity index (χ1) is 16.2. The predicted molar refractivity (Wildman–Crippen MR) is 129 cm³/mol. The van der Waals surface area contributed by atoms with E-state index in [1.54, 1.807) is 54.6 Å². The van der Waals surface area contributed by atoms with E-state index in [9.17, 15) is 18.0 Å². The number of thiophene rings is 1. The second-order valence-electron chi connectivity index (χ2n) is 7.94. The van der Waals surface area contributed by atoms with Gasteiger partial charge in [-0.1, -0.05) is 35.9 Å². The summed E-state index contributed by atoms with van der Waals surface area (Å²) in [5.74, 6) is 0.157. The maximum atomic E-state index is 12.7. The first-order valence-corrected chi connectivity index (χ1v) is 13.4. The van der Waals surface area contributed by atoms with Gasteiger partial charge in [0.1, 0.15) is 24.5 Å². The number of hydrogen-bond donors (Lipinski definition) is 1. The molecule has 2 atom stereocenters. The van der Waals surface area contributed by atoms with Crippen molar-refractivity contribution in [2.75, 3.05) is 24.3 Å². The molecule has 2 aliphatic rings. The highest BCUT2D eigenvalue weighted by molar-refractivity contribution is 7.90. The lowest BCUT2D eigenvalue weighted by atomic mass is 10.0. The van der Waals surface area contributed by atoms with Crippen molar-refractivity contribution in [2.45, 2.75) is 17.0 Å². The second kappa shape index (κ2) is 8.61. The number of amides is 2. The van der Waals surface area contributed by atoms with Crippen LogP contribution in [0.3, 0.4) is 0 Å². The summed E-state index contributed by atoms with van der Waals surface area (Å²) in [5.41, 5.74) is 1.74. The molecule has 5 rings (SSSR count). The number of nitrogens with zero attached hydrogens (tertiary/aromatic N) is 1. The Hall–Kier alpha value is -3.08. The maximum absolute atomic E-state index is 12.7. The summed E-state index contributed by atoms with van der Waals surface area (Å²) < 4.78 is 36.4. The number of halogens is 1. The Balaban J connectivity index is 1.37. The van der Waals surface area contributed by atoms with Crippen molar-refractivity contribution in [3.8, 4) is 16.9 Å². The molecule has 2 amide bonds. The van der Waals surface area contributed by atoms with Crippen molar-refractivity contribution >= 4 is 50.5 Å². The number of ether oxygens (including phenoxy) is 2. The number of sulfone groups is 1. The lowest BCUT2D eigenvalue weighted by Gasteiger charge is -2.31. The van der Waals surface area contributed by atoms with Crippen LogP contribution < -0.4 is 15.0 Å². The van der Waals surface area contributed by atoms with Crippen LogP contribution in [-0.4, -0.2) is 52.0 Å². The number of anilines is 1. The Morgan fingerprint density at radius 1 is 1.21 bits per heavy atom. The van der Waals surface area contributed by atoms with Crippen LogP contribution >= 0.6 is 22.9 Å². The topological polar surface area (TPSA) is 102 Å². The SMILES string of the molecule is CS(=O)(=O)c1ccccc1-c1ccc2c(c1)OC[C@H]1[C@H](CNC(=O)c3ccc(Cl)s3)OC(=O)N21. The van der Waals surface area contributed by atoms with E-state index in [4.69, 9.17) is 21.1 Å². The van der Waals surface area contributed by atoms with Crippen LogP contribution in [0.5, 0.6) is 5.75 Å². The van der Waals surface area contributed by atoms with Gasteiger partial charge in [0, 0.05) is 11.8 Å². The van der Waals surface area contributed by atoms with Crippen molar-refractivity contribution in [3.05, 3.63) is 63.8 Å². The van der Waals surface area contributed by atoms with Gasteiger partial charge in [0.15, 0.2) is 9.84 Å². The van der Waals surface area contributed by atoms with Crippen molar-refractivity contribution in [1.82, 2.24) is 5.32 Å². The molecule has 0 spiro atoms. The first-order valence-electron chi connectivity index (χ1n) is 10.3. The number of benzene rings is 2. The number of fused-ring (bicyclic) bond motifs is 3. The Morgan fingerprint density at radius 2 is 2.00 bits per heavy atom. The highest BCUT2D eigenvalue weighted by atomic mass is 35.5. The molecule has 0 bridgehead atoms. The molecule has 0 radical (unpaired) electrons. The molecule has 1 aromatic heterocycles. The molecule has 1 saturated heterocycles. The van der Waals surface area contributed by atoms with E-state index in [1.807, 2.05) is 0 Å². The van der Waals surface area contributed by atoms with Crippen molar-refractivity contribution in [1.29, 1.82) is 0 Å². The highest BCUT2D eigenvalue weighted by Gasteiger charge is 2.46. The van der Waals surface area contributed by atoms with Gasteiger partial charge in [0.05, 0.1) is 26.3 Å². The fraction of sp³-hybridized carbons (Fsp3) is 0.217.